The third-order valence-electron chi connectivity index (χ3n) is 3.14. The first-order chi connectivity index (χ1) is 13.5. The number of halogens is 1. The predicted octanol–water partition coefficient (Wildman–Crippen LogP) is -1.61. The second-order valence-corrected chi connectivity index (χ2v) is 5.68. The number of aldehydes is 4. The zero-order valence-corrected chi connectivity index (χ0v) is 14.4. The van der Waals surface area contributed by atoms with Crippen LogP contribution in [0.25, 0.3) is 0 Å². The Kier molecular flexibility index (Phi) is 7.43. The summed E-state index contributed by atoms with van der Waals surface area (Å²) in [5.41, 5.74) is 0. The van der Waals surface area contributed by atoms with Crippen molar-refractivity contribution in [2.75, 3.05) is 33.0 Å². The zero-order chi connectivity index (χ0) is 22.2. The van der Waals surface area contributed by atoms with E-state index in [4.69, 9.17) is 29.2 Å². The number of ether oxygens (including phenoxy) is 5. The number of carbonyl (C=O) groups excluding carboxylic acids is 4. The fourth-order valence-corrected chi connectivity index (χ4v) is 3.02. The highest BCUT2D eigenvalue weighted by Crippen LogP contribution is 2.40. The van der Waals surface area contributed by atoms with Crippen LogP contribution < -0.4 is 0 Å². The summed E-state index contributed by atoms with van der Waals surface area (Å²) < 4.78 is 52.3. The Balaban J connectivity index is 3.28. The van der Waals surface area contributed by atoms with Gasteiger partial charge in [-0.15, -0.1) is 0 Å². The summed E-state index contributed by atoms with van der Waals surface area (Å²) in [4.78, 5) is 44.1. The molecular weight excluding hydrogens is 408 g/mol. The van der Waals surface area contributed by atoms with Gasteiger partial charge in [0, 0.05) is 0 Å². The van der Waals surface area contributed by atoms with E-state index in [1.807, 2.05) is 0 Å². The summed E-state index contributed by atoms with van der Waals surface area (Å²) >= 11 is 3.02. The van der Waals surface area contributed by atoms with Crippen molar-refractivity contribution >= 4 is 41.0 Å². The minimum atomic E-state index is -2.09. The van der Waals surface area contributed by atoms with Crippen LogP contribution in [-0.2, 0) is 42.9 Å². The number of carbonyl (C=O) groups is 4. The van der Waals surface area contributed by atoms with Crippen LogP contribution in [0.3, 0.4) is 0 Å². The van der Waals surface area contributed by atoms with Gasteiger partial charge >= 0.3 is 0 Å². The lowest BCUT2D eigenvalue weighted by molar-refractivity contribution is -0.330. The fourth-order valence-electron chi connectivity index (χ4n) is 2.27. The summed E-state index contributed by atoms with van der Waals surface area (Å²) in [5, 5.41) is 9.63. The van der Waals surface area contributed by atoms with Gasteiger partial charge < -0.3 is 48.0 Å². The normalized spacial score (nSPS) is 34.3. The zero-order valence-electron chi connectivity index (χ0n) is 16.8. The smallest absolute Gasteiger partial charge is 0.257 e. The van der Waals surface area contributed by atoms with Gasteiger partial charge in [0.2, 0.25) is 0 Å². The minimum absolute atomic E-state index is 0.735. The van der Waals surface area contributed by atoms with Crippen LogP contribution in [0.4, 0.5) is 0 Å². The van der Waals surface area contributed by atoms with Crippen molar-refractivity contribution in [3.8, 4) is 0 Å². The van der Waals surface area contributed by atoms with E-state index in [1.165, 1.54) is 0 Å². The van der Waals surface area contributed by atoms with Crippen molar-refractivity contribution in [3.05, 3.63) is 0 Å². The molecule has 1 fully saturated rings. The molecule has 0 aliphatic carbocycles. The van der Waals surface area contributed by atoms with Gasteiger partial charge in [0.15, 0.2) is 6.10 Å². The van der Waals surface area contributed by atoms with Crippen LogP contribution in [0.2, 0.25) is 0 Å². The van der Waals surface area contributed by atoms with E-state index in [0.29, 0.717) is 0 Å². The molecule has 1 aliphatic heterocycles. The number of aliphatic hydroxyl groups is 1. The highest BCUT2D eigenvalue weighted by molar-refractivity contribution is 9.10. The van der Waals surface area contributed by atoms with Crippen LogP contribution in [0.15, 0.2) is 0 Å². The van der Waals surface area contributed by atoms with Crippen LogP contribution >= 0.6 is 15.9 Å². The van der Waals surface area contributed by atoms with E-state index in [-0.39, 0.29) is 0 Å². The monoisotopic (exact) mass is 430 g/mol. The molecule has 1 saturated heterocycles. The predicted molar refractivity (Wildman–Crippen MR) is 83.0 cm³/mol. The number of hydrogen-bond acceptors (Lipinski definition) is 10. The standard InChI is InChI=1S/C14H19BrO10/c15-14(24-8-4-19)13(23-7-3-18)12(22-6-2-17)11(21-5-1-16)10(9-20)25-14/h1-4,10-13,20H,5-9H2/t10-,11-,12+,13-,14?/m1/s1/i1D,2D,3D,4D. The summed E-state index contributed by atoms with van der Waals surface area (Å²) in [6.45, 7) is -3.88. The van der Waals surface area contributed by atoms with Crippen LogP contribution in [0, 0.1) is 0 Å². The molecule has 0 amide bonds. The molecular formula is C14H19BrO10. The Bertz CT molecular complexity index is 623. The summed E-state index contributed by atoms with van der Waals surface area (Å²) in [7, 11) is 0. The Morgan fingerprint density at radius 2 is 1.48 bits per heavy atom. The summed E-state index contributed by atoms with van der Waals surface area (Å²) in [6.07, 6.45) is -10.2. The van der Waals surface area contributed by atoms with Crippen molar-refractivity contribution in [2.45, 2.75) is 29.1 Å². The van der Waals surface area contributed by atoms with E-state index in [2.05, 4.69) is 15.9 Å². The second-order valence-electron chi connectivity index (χ2n) is 4.57. The molecule has 0 aromatic carbocycles. The minimum Gasteiger partial charge on any atom is -0.394 e. The Morgan fingerprint density at radius 3 is 2.00 bits per heavy atom. The van der Waals surface area contributed by atoms with E-state index in [9.17, 15) is 24.3 Å². The van der Waals surface area contributed by atoms with Gasteiger partial charge in [0.05, 0.1) is 6.61 Å². The highest BCUT2D eigenvalue weighted by atomic mass is 79.9. The maximum Gasteiger partial charge on any atom is 0.257 e. The van der Waals surface area contributed by atoms with E-state index in [1.54, 1.807) is 0 Å². The molecule has 142 valence electrons. The van der Waals surface area contributed by atoms with Crippen molar-refractivity contribution in [1.29, 1.82) is 0 Å². The molecule has 0 aromatic heterocycles. The number of aliphatic hydroxyl groups excluding tert-OH is 1. The lowest BCUT2D eigenvalue weighted by Gasteiger charge is -2.48. The molecule has 0 spiro atoms. The molecule has 0 saturated carbocycles. The van der Waals surface area contributed by atoms with Gasteiger partial charge in [-0.3, -0.25) is 0 Å². The third kappa shape index (κ3) is 5.99. The SMILES string of the molecule is [2H]C(=O)CO[C@H]1[C@H](OCC([2H])=O)[C@@H](CO)OC(Br)(OCC([2H])=O)[C@@H]1OCC([2H])=O. The average molecular weight is 431 g/mol. The largest absolute Gasteiger partial charge is 0.394 e. The third-order valence-corrected chi connectivity index (χ3v) is 4.01. The van der Waals surface area contributed by atoms with Crippen LogP contribution in [0.5, 0.6) is 0 Å². The summed E-state index contributed by atoms with van der Waals surface area (Å²) in [6, 6.07) is 0. The fraction of sp³-hybridized carbons (Fsp3) is 0.714. The Hall–Kier alpha value is -1.08. The van der Waals surface area contributed by atoms with Gasteiger partial charge in [0.25, 0.3) is 4.70 Å². The maximum absolute atomic E-state index is 11.1. The molecule has 11 heteroatoms. The highest BCUT2D eigenvalue weighted by Gasteiger charge is 2.56. The Labute approximate surface area is 157 Å². The quantitative estimate of drug-likeness (QED) is 0.268. The van der Waals surface area contributed by atoms with Crippen molar-refractivity contribution in [3.63, 3.8) is 0 Å². The number of alkyl halides is 1. The van der Waals surface area contributed by atoms with E-state index in [0.717, 1.165) is 0 Å². The molecule has 5 atom stereocenters. The van der Waals surface area contributed by atoms with Gasteiger partial charge in [-0.1, -0.05) is 0 Å². The second kappa shape index (κ2) is 11.5. The Morgan fingerprint density at radius 1 is 0.960 bits per heavy atom. The molecule has 0 bridgehead atoms. The molecule has 1 aliphatic rings. The molecule has 1 unspecified atom stereocenters. The first-order valence-electron chi connectivity index (χ1n) is 8.94. The summed E-state index contributed by atoms with van der Waals surface area (Å²) in [5.74, 6) is 0. The first kappa shape index (κ1) is 16.1. The van der Waals surface area contributed by atoms with Crippen molar-refractivity contribution in [2.24, 2.45) is 0 Å². The molecule has 1 N–H and O–H groups in total. The number of hydrogen-bond donors (Lipinski definition) is 1. The molecule has 0 radical (unpaired) electrons. The molecule has 1 heterocycles. The van der Waals surface area contributed by atoms with Crippen LogP contribution in [-0.4, -0.2) is 92.3 Å². The number of rotatable bonds is 13. The van der Waals surface area contributed by atoms with E-state index >= 15 is 0 Å². The average Bonchev–Trinajstić information content (AvgIpc) is 2.61. The van der Waals surface area contributed by atoms with Crippen molar-refractivity contribution in [1.82, 2.24) is 0 Å². The first-order valence-corrected chi connectivity index (χ1v) is 7.73. The van der Waals surface area contributed by atoms with E-state index < -0.39 is 87.2 Å². The lowest BCUT2D eigenvalue weighted by atomic mass is 9.98. The van der Waals surface area contributed by atoms with Gasteiger partial charge in [-0.2, -0.15) is 0 Å². The van der Waals surface area contributed by atoms with Gasteiger partial charge in [0.1, 0.15) is 75.3 Å². The molecule has 10 nitrogen and oxygen atoms in total. The molecule has 1 rings (SSSR count). The van der Waals surface area contributed by atoms with Gasteiger partial charge in [-0.25, -0.2) is 0 Å². The maximum atomic E-state index is 11.1. The van der Waals surface area contributed by atoms with Crippen LogP contribution in [0.1, 0.15) is 5.48 Å². The lowest BCUT2D eigenvalue weighted by Crippen LogP contribution is -2.66. The molecule has 0 aromatic rings. The topological polar surface area (TPSA) is 135 Å². The molecule has 25 heavy (non-hydrogen) atoms. The van der Waals surface area contributed by atoms with Gasteiger partial charge in [-0.05, 0) is 15.9 Å². The van der Waals surface area contributed by atoms with Crippen molar-refractivity contribution < 1.29 is 53.5 Å².